The van der Waals surface area contributed by atoms with Crippen molar-refractivity contribution in [2.75, 3.05) is 9.80 Å². The number of fused-ring (bicyclic) bond motifs is 12. The third-order valence-electron chi connectivity index (χ3n) is 14.2. The zero-order valence-electron chi connectivity index (χ0n) is 39.4. The molecule has 0 fully saturated rings. The third kappa shape index (κ3) is 6.06. The molecule has 0 spiro atoms. The molecule has 0 saturated carbocycles. The summed E-state index contributed by atoms with van der Waals surface area (Å²) in [6.07, 6.45) is 0. The van der Waals surface area contributed by atoms with Gasteiger partial charge in [0, 0.05) is 66.4 Å². The Kier molecular flexibility index (Phi) is 8.70. The molecule has 13 rings (SSSR count). The number of benzene rings is 10. The van der Waals surface area contributed by atoms with Gasteiger partial charge in [0.25, 0.3) is 0 Å². The molecule has 0 bridgehead atoms. The molecule has 328 valence electrons. The number of aromatic nitrogens is 2. The summed E-state index contributed by atoms with van der Waals surface area (Å²) in [4.78, 5) is 4.90. The van der Waals surface area contributed by atoms with E-state index in [9.17, 15) is 0 Å². The molecule has 10 aromatic carbocycles. The lowest BCUT2D eigenvalue weighted by Gasteiger charge is -2.29. The van der Waals surface area contributed by atoms with Crippen molar-refractivity contribution in [3.05, 3.63) is 206 Å². The van der Waals surface area contributed by atoms with Gasteiger partial charge < -0.3 is 18.9 Å². The highest BCUT2D eigenvalue weighted by atomic mass is 15.2. The summed E-state index contributed by atoms with van der Waals surface area (Å²) < 4.78 is 5.00. The zero-order chi connectivity index (χ0) is 46.1. The topological polar surface area (TPSA) is 16.3 Å². The predicted molar refractivity (Wildman–Crippen MR) is 291 cm³/mol. The Bertz CT molecular complexity index is 3730. The quantitative estimate of drug-likeness (QED) is 0.165. The monoisotopic (exact) mass is 876 g/mol. The van der Waals surface area contributed by atoms with Crippen molar-refractivity contribution in [1.29, 1.82) is 0 Å². The number of anilines is 6. The van der Waals surface area contributed by atoms with E-state index < -0.39 is 0 Å². The van der Waals surface area contributed by atoms with E-state index in [1.54, 1.807) is 0 Å². The molecule has 0 saturated heterocycles. The number of para-hydroxylation sites is 4. The van der Waals surface area contributed by atoms with Crippen LogP contribution in [-0.2, 0) is 11.1 Å². The van der Waals surface area contributed by atoms with Crippen LogP contribution in [0.1, 0.15) is 41.5 Å². The normalized spacial score (nSPS) is 12.6. The second-order valence-corrected chi connectivity index (χ2v) is 20.6. The molecule has 12 aromatic rings. The zero-order valence-corrected chi connectivity index (χ0v) is 39.4. The van der Waals surface area contributed by atoms with Crippen LogP contribution < -0.4 is 9.80 Å². The first-order chi connectivity index (χ1) is 33.0. The summed E-state index contributed by atoms with van der Waals surface area (Å²) in [6, 6.07) is 76.6. The molecule has 1 aliphatic rings. The highest BCUT2D eigenvalue weighted by Crippen LogP contribution is 2.52. The van der Waals surface area contributed by atoms with Gasteiger partial charge in [-0.15, -0.1) is 0 Å². The molecule has 4 heteroatoms. The van der Waals surface area contributed by atoms with Gasteiger partial charge in [-0.25, -0.2) is 0 Å². The van der Waals surface area contributed by atoms with E-state index in [0.29, 0.717) is 0 Å². The number of hydrogen-bond acceptors (Lipinski definition) is 2. The minimum absolute atomic E-state index is 0.101. The number of hydrogen-bond donors (Lipinski definition) is 0. The fraction of sp³-hybridized carbons (Fsp3) is 0.125. The molecule has 0 N–H and O–H groups in total. The molecule has 4 nitrogen and oxygen atoms in total. The molecule has 0 radical (unpaired) electrons. The first-order valence-corrected chi connectivity index (χ1v) is 23.9. The average Bonchev–Trinajstić information content (AvgIpc) is 3.89. The van der Waals surface area contributed by atoms with Crippen LogP contribution in [0.3, 0.4) is 0 Å². The minimum atomic E-state index is -0.101. The van der Waals surface area contributed by atoms with Crippen molar-refractivity contribution in [3.63, 3.8) is 0 Å². The van der Waals surface area contributed by atoms with Crippen LogP contribution >= 0.6 is 0 Å². The largest absolute Gasteiger partial charge is 0.335 e. The van der Waals surface area contributed by atoms with E-state index >= 15 is 0 Å². The van der Waals surface area contributed by atoms with E-state index in [-0.39, 0.29) is 11.1 Å². The summed E-state index contributed by atoms with van der Waals surface area (Å²) in [5.41, 5.74) is 16.9. The molecule has 0 amide bonds. The SMILES string of the molecule is CC(C)(C)n1c2ccccc2c2c(N(c3ccccc3)c3ccc4cc5c(cc4c3)-c3cc4cc(N(c6ccccc6)c6cccc7c6c6ccccc6n7C(C)(C)C)ccc4cc3-5)cccc21. The average molecular weight is 877 g/mol. The van der Waals surface area contributed by atoms with Gasteiger partial charge in [0.2, 0.25) is 0 Å². The standard InChI is InChI=1S/C64H52N4/c1-63(2,3)67-55-25-15-13-23-49(55)61-57(27-17-29-59(61)67)65(45-19-9-7-10-20-45)47-33-31-41-37-51-52-38-42-32-34-48(36-44(42)40-54(52)53(51)39-43(41)35-47)66(46-21-11-8-12-22-46)58-28-18-30-60-62(58)50-24-14-16-26-56(50)68(60)64(4,5)6/h7-40H,1-6H3. The van der Waals surface area contributed by atoms with Crippen molar-refractivity contribution in [2.45, 2.75) is 52.6 Å². The van der Waals surface area contributed by atoms with Gasteiger partial charge in [0.05, 0.1) is 22.4 Å². The fourth-order valence-corrected chi connectivity index (χ4v) is 11.5. The molecule has 0 unspecified atom stereocenters. The van der Waals surface area contributed by atoms with Crippen LogP contribution in [0.2, 0.25) is 0 Å². The maximum atomic E-state index is 2.50. The van der Waals surface area contributed by atoms with Crippen LogP contribution in [0.15, 0.2) is 206 Å². The summed E-state index contributed by atoms with van der Waals surface area (Å²) in [7, 11) is 0. The maximum Gasteiger partial charge on any atom is 0.0561 e. The summed E-state index contributed by atoms with van der Waals surface area (Å²) >= 11 is 0. The highest BCUT2D eigenvalue weighted by molar-refractivity contribution is 6.18. The maximum absolute atomic E-state index is 2.50. The minimum Gasteiger partial charge on any atom is -0.335 e. The Labute approximate surface area is 397 Å². The number of rotatable bonds is 6. The van der Waals surface area contributed by atoms with Crippen LogP contribution in [0.5, 0.6) is 0 Å². The van der Waals surface area contributed by atoms with Crippen molar-refractivity contribution in [3.8, 4) is 22.3 Å². The van der Waals surface area contributed by atoms with Gasteiger partial charge in [0.1, 0.15) is 0 Å². The Morgan fingerprint density at radius 2 is 0.647 bits per heavy atom. The van der Waals surface area contributed by atoms with E-state index in [0.717, 1.165) is 22.7 Å². The lowest BCUT2D eigenvalue weighted by atomic mass is 9.78. The van der Waals surface area contributed by atoms with Gasteiger partial charge in [-0.1, -0.05) is 97.1 Å². The van der Waals surface area contributed by atoms with Crippen LogP contribution in [-0.4, -0.2) is 9.13 Å². The summed E-state index contributed by atoms with van der Waals surface area (Å²) in [5.74, 6) is 0. The fourth-order valence-electron chi connectivity index (χ4n) is 11.5. The van der Waals surface area contributed by atoms with Gasteiger partial charge in [-0.2, -0.15) is 0 Å². The highest BCUT2D eigenvalue weighted by Gasteiger charge is 2.28. The second-order valence-electron chi connectivity index (χ2n) is 20.6. The van der Waals surface area contributed by atoms with Crippen LogP contribution in [0, 0.1) is 0 Å². The van der Waals surface area contributed by atoms with Gasteiger partial charge in [-0.05, 0) is 195 Å². The van der Waals surface area contributed by atoms with E-state index in [2.05, 4.69) is 267 Å². The van der Waals surface area contributed by atoms with Crippen LogP contribution in [0.25, 0.3) is 87.4 Å². The predicted octanol–water partition coefficient (Wildman–Crippen LogP) is 18.3. The van der Waals surface area contributed by atoms with Crippen LogP contribution in [0.4, 0.5) is 34.1 Å². The molecular weight excluding hydrogens is 825 g/mol. The van der Waals surface area contributed by atoms with E-state index in [4.69, 9.17) is 0 Å². The molecule has 0 aliphatic heterocycles. The first-order valence-electron chi connectivity index (χ1n) is 23.9. The second kappa shape index (κ2) is 14.7. The molecule has 2 heterocycles. The van der Waals surface area contributed by atoms with Crippen molar-refractivity contribution in [1.82, 2.24) is 9.13 Å². The summed E-state index contributed by atoms with van der Waals surface area (Å²) in [5, 5.41) is 9.99. The lowest BCUT2D eigenvalue weighted by Crippen LogP contribution is -2.21. The molecular formula is C64H52N4. The van der Waals surface area contributed by atoms with E-state index in [1.165, 1.54) is 98.8 Å². The Hall–Kier alpha value is -8.08. The summed E-state index contributed by atoms with van der Waals surface area (Å²) in [6.45, 7) is 13.8. The molecule has 0 atom stereocenters. The molecule has 2 aromatic heterocycles. The molecule has 68 heavy (non-hydrogen) atoms. The Morgan fingerprint density at radius 3 is 1.04 bits per heavy atom. The Balaban J connectivity index is 0.944. The first kappa shape index (κ1) is 40.2. The lowest BCUT2D eigenvalue weighted by molar-refractivity contribution is 0.423. The number of nitrogens with zero attached hydrogens (tertiary/aromatic N) is 4. The van der Waals surface area contributed by atoms with E-state index in [1.807, 2.05) is 0 Å². The van der Waals surface area contributed by atoms with Crippen molar-refractivity contribution < 1.29 is 0 Å². The van der Waals surface area contributed by atoms with Gasteiger partial charge >= 0.3 is 0 Å². The molecule has 1 aliphatic carbocycles. The van der Waals surface area contributed by atoms with Gasteiger partial charge in [-0.3, -0.25) is 0 Å². The smallest absolute Gasteiger partial charge is 0.0561 e. The Morgan fingerprint density at radius 1 is 0.294 bits per heavy atom. The van der Waals surface area contributed by atoms with Crippen molar-refractivity contribution in [2.24, 2.45) is 0 Å². The third-order valence-corrected chi connectivity index (χ3v) is 14.2. The van der Waals surface area contributed by atoms with Crippen molar-refractivity contribution >= 4 is 99.3 Å². The van der Waals surface area contributed by atoms with Gasteiger partial charge in [0.15, 0.2) is 0 Å².